The van der Waals surface area contributed by atoms with Gasteiger partial charge in [-0.1, -0.05) is 20.8 Å². The van der Waals surface area contributed by atoms with Crippen LogP contribution >= 0.6 is 0 Å². The van der Waals surface area contributed by atoms with E-state index in [-0.39, 0.29) is 22.9 Å². The molecule has 0 aromatic rings. The molecule has 0 amide bonds. The van der Waals surface area contributed by atoms with Crippen LogP contribution in [0.3, 0.4) is 0 Å². The average Bonchev–Trinajstić information content (AvgIpc) is 1.60. The lowest BCUT2D eigenvalue weighted by molar-refractivity contribution is 0.341. The molecule has 0 radical (unpaired) electrons. The van der Waals surface area contributed by atoms with Crippen LogP contribution in [0.5, 0.6) is 0 Å². The number of aliphatic imine (C=N–C) groups is 1. The Morgan fingerprint density at radius 2 is 1.64 bits per heavy atom. The molecule has 0 aromatic carbocycles. The zero-order valence-electron chi connectivity index (χ0n) is 7.68. The first kappa shape index (κ1) is 12.9. The summed E-state index contributed by atoms with van der Waals surface area (Å²) in [7, 11) is 0. The maximum absolute atomic E-state index is 5.22. The smallest absolute Gasteiger partial charge is 0.186 e. The minimum atomic E-state index is 0. The van der Waals surface area contributed by atoms with Crippen molar-refractivity contribution in [3.63, 3.8) is 0 Å². The normalized spacial score (nSPS) is 13.1. The van der Waals surface area contributed by atoms with Crippen molar-refractivity contribution in [3.05, 3.63) is 0 Å². The van der Waals surface area contributed by atoms with E-state index in [1.807, 2.05) is 6.92 Å². The van der Waals surface area contributed by atoms with Gasteiger partial charge in [0, 0.05) is 0 Å². The number of nitrogens with two attached hydrogens (primary N) is 2. The van der Waals surface area contributed by atoms with Crippen LogP contribution in [0.2, 0.25) is 0 Å². The van der Waals surface area contributed by atoms with Gasteiger partial charge in [0.05, 0.1) is 6.04 Å². The van der Waals surface area contributed by atoms with Crippen molar-refractivity contribution in [2.45, 2.75) is 33.7 Å². The van der Waals surface area contributed by atoms with Crippen molar-refractivity contribution < 1.29 is 5.48 Å². The Bertz CT molecular complexity index is 133. The fourth-order valence-corrected chi connectivity index (χ4v) is 0.417. The van der Waals surface area contributed by atoms with Gasteiger partial charge in [0.2, 0.25) is 0 Å². The second-order valence-corrected chi connectivity index (χ2v) is 3.60. The van der Waals surface area contributed by atoms with Crippen molar-refractivity contribution in [1.82, 2.24) is 0 Å². The van der Waals surface area contributed by atoms with E-state index in [1.54, 1.807) is 0 Å². The van der Waals surface area contributed by atoms with Crippen molar-refractivity contribution in [2.24, 2.45) is 21.9 Å². The third-order valence-electron chi connectivity index (χ3n) is 1.60. The third kappa shape index (κ3) is 5.66. The highest BCUT2D eigenvalue weighted by atomic mass is 16.0. The molecular weight excluding hydrogens is 142 g/mol. The van der Waals surface area contributed by atoms with Crippen molar-refractivity contribution in [2.75, 3.05) is 0 Å². The zero-order valence-corrected chi connectivity index (χ0v) is 7.68. The highest BCUT2D eigenvalue weighted by molar-refractivity contribution is 5.75. The van der Waals surface area contributed by atoms with Crippen molar-refractivity contribution in [3.8, 4) is 0 Å². The van der Waals surface area contributed by atoms with Gasteiger partial charge in [0.1, 0.15) is 0 Å². The molecule has 0 spiro atoms. The molecular formula is C7H19N3O. The van der Waals surface area contributed by atoms with Crippen molar-refractivity contribution >= 4 is 5.96 Å². The molecule has 0 aliphatic carbocycles. The molecule has 0 heterocycles. The van der Waals surface area contributed by atoms with Crippen LogP contribution in [0, 0.1) is 5.41 Å². The molecule has 0 saturated carbocycles. The van der Waals surface area contributed by atoms with E-state index in [2.05, 4.69) is 25.8 Å². The second kappa shape index (κ2) is 4.18. The lowest BCUT2D eigenvalue weighted by Crippen LogP contribution is -2.29. The lowest BCUT2D eigenvalue weighted by atomic mass is 9.89. The van der Waals surface area contributed by atoms with Gasteiger partial charge in [0.15, 0.2) is 5.96 Å². The highest BCUT2D eigenvalue weighted by Gasteiger charge is 2.18. The molecule has 0 bridgehead atoms. The summed E-state index contributed by atoms with van der Waals surface area (Å²) in [4.78, 5) is 4.02. The van der Waals surface area contributed by atoms with Crippen LogP contribution in [-0.2, 0) is 0 Å². The van der Waals surface area contributed by atoms with E-state index < -0.39 is 0 Å². The predicted molar refractivity (Wildman–Crippen MR) is 48.3 cm³/mol. The number of nitrogens with zero attached hydrogens (tertiary/aromatic N) is 1. The van der Waals surface area contributed by atoms with Gasteiger partial charge in [-0.05, 0) is 12.3 Å². The minimum Gasteiger partial charge on any atom is -0.412 e. The van der Waals surface area contributed by atoms with E-state index in [1.165, 1.54) is 0 Å². The first-order chi connectivity index (χ1) is 4.34. The topological polar surface area (TPSA) is 95.9 Å². The Morgan fingerprint density at radius 1 is 1.27 bits per heavy atom. The van der Waals surface area contributed by atoms with E-state index in [4.69, 9.17) is 11.5 Å². The van der Waals surface area contributed by atoms with Crippen LogP contribution in [0.25, 0.3) is 0 Å². The molecule has 0 aliphatic rings. The highest BCUT2D eigenvalue weighted by Crippen LogP contribution is 2.20. The summed E-state index contributed by atoms with van der Waals surface area (Å²) in [5.41, 5.74) is 10.6. The van der Waals surface area contributed by atoms with E-state index in [0.717, 1.165) is 0 Å². The van der Waals surface area contributed by atoms with Crippen LogP contribution in [0.1, 0.15) is 27.7 Å². The van der Waals surface area contributed by atoms with Crippen LogP contribution < -0.4 is 11.5 Å². The molecule has 1 atom stereocenters. The fourth-order valence-electron chi connectivity index (χ4n) is 0.417. The summed E-state index contributed by atoms with van der Waals surface area (Å²) < 4.78 is 0. The van der Waals surface area contributed by atoms with Gasteiger partial charge in [-0.2, -0.15) is 0 Å². The monoisotopic (exact) mass is 161 g/mol. The summed E-state index contributed by atoms with van der Waals surface area (Å²) in [5.74, 6) is 0.169. The Morgan fingerprint density at radius 3 is 1.73 bits per heavy atom. The molecule has 4 nitrogen and oxygen atoms in total. The fraction of sp³-hybridized carbons (Fsp3) is 0.857. The zero-order chi connectivity index (χ0) is 8.36. The Hall–Kier alpha value is -0.770. The quantitative estimate of drug-likeness (QED) is 0.414. The Kier molecular flexibility index (Phi) is 4.89. The van der Waals surface area contributed by atoms with Crippen LogP contribution in [0.15, 0.2) is 4.99 Å². The molecule has 0 fully saturated rings. The summed E-state index contributed by atoms with van der Waals surface area (Å²) >= 11 is 0. The van der Waals surface area contributed by atoms with Crippen molar-refractivity contribution in [1.29, 1.82) is 0 Å². The Balaban J connectivity index is 0. The Labute approximate surface area is 68.0 Å². The number of hydrogen-bond acceptors (Lipinski definition) is 1. The molecule has 0 aliphatic heterocycles. The largest absolute Gasteiger partial charge is 0.412 e. The molecule has 1 unspecified atom stereocenters. The van der Waals surface area contributed by atoms with Gasteiger partial charge in [-0.15, -0.1) is 0 Å². The van der Waals surface area contributed by atoms with Gasteiger partial charge in [-0.3, -0.25) is 4.99 Å². The maximum atomic E-state index is 5.22. The third-order valence-corrected chi connectivity index (χ3v) is 1.60. The SMILES string of the molecule is CC(N=C(N)N)C(C)(C)C.O. The van der Waals surface area contributed by atoms with Gasteiger partial charge in [-0.25, -0.2) is 0 Å². The summed E-state index contributed by atoms with van der Waals surface area (Å²) in [6.07, 6.45) is 0. The molecule has 6 N–H and O–H groups in total. The summed E-state index contributed by atoms with van der Waals surface area (Å²) in [5, 5.41) is 0. The van der Waals surface area contributed by atoms with Gasteiger partial charge < -0.3 is 16.9 Å². The van der Waals surface area contributed by atoms with E-state index >= 15 is 0 Å². The molecule has 11 heavy (non-hydrogen) atoms. The van der Waals surface area contributed by atoms with Gasteiger partial charge >= 0.3 is 0 Å². The summed E-state index contributed by atoms with van der Waals surface area (Å²) in [6, 6.07) is 0.178. The second-order valence-electron chi connectivity index (χ2n) is 3.60. The molecule has 0 saturated heterocycles. The average molecular weight is 161 g/mol. The molecule has 0 aromatic heterocycles. The first-order valence-electron chi connectivity index (χ1n) is 3.43. The summed E-state index contributed by atoms with van der Waals surface area (Å²) in [6.45, 7) is 8.30. The van der Waals surface area contributed by atoms with Gasteiger partial charge in [0.25, 0.3) is 0 Å². The number of rotatable bonds is 1. The number of hydrogen-bond donors (Lipinski definition) is 2. The lowest BCUT2D eigenvalue weighted by Gasteiger charge is -2.23. The number of guanidine groups is 1. The molecule has 68 valence electrons. The predicted octanol–water partition coefficient (Wildman–Crippen LogP) is -0.130. The maximum Gasteiger partial charge on any atom is 0.186 e. The molecule has 4 heteroatoms. The van der Waals surface area contributed by atoms with E-state index in [0.29, 0.717) is 0 Å². The van der Waals surface area contributed by atoms with Crippen LogP contribution in [0.4, 0.5) is 0 Å². The standard InChI is InChI=1S/C7H17N3.H2O/c1-5(7(2,3)4)10-6(8)9;/h5H,1-4H3,(H4,8,9,10);1H2. The van der Waals surface area contributed by atoms with Crippen LogP contribution in [-0.4, -0.2) is 17.5 Å². The first-order valence-corrected chi connectivity index (χ1v) is 3.43. The minimum absolute atomic E-state index is 0. The molecule has 0 rings (SSSR count). The van der Waals surface area contributed by atoms with E-state index in [9.17, 15) is 0 Å².